The Kier molecular flexibility index (Phi) is 11.9. The molecule has 0 saturated carbocycles. The van der Waals surface area contributed by atoms with Gasteiger partial charge >= 0.3 is 6.09 Å². The summed E-state index contributed by atoms with van der Waals surface area (Å²) in [6, 6.07) is 7.08. The maximum absolute atomic E-state index is 12.9. The molecule has 0 aliphatic rings. The average Bonchev–Trinajstić information content (AvgIpc) is 2.73. The van der Waals surface area contributed by atoms with Crippen LogP contribution in [0, 0.1) is 5.92 Å². The van der Waals surface area contributed by atoms with E-state index >= 15 is 0 Å². The molecule has 9 heteroatoms. The molecule has 0 radical (unpaired) electrons. The second-order valence-electron chi connectivity index (χ2n) is 7.43. The van der Waals surface area contributed by atoms with Crippen molar-refractivity contribution in [3.63, 3.8) is 0 Å². The van der Waals surface area contributed by atoms with Crippen molar-refractivity contribution in [3.8, 4) is 0 Å². The predicted molar refractivity (Wildman–Crippen MR) is 115 cm³/mol. The van der Waals surface area contributed by atoms with E-state index in [-0.39, 0.29) is 25.6 Å². The van der Waals surface area contributed by atoms with Crippen LogP contribution in [0.3, 0.4) is 0 Å². The van der Waals surface area contributed by atoms with Crippen LogP contribution in [0.5, 0.6) is 0 Å². The van der Waals surface area contributed by atoms with E-state index in [2.05, 4.69) is 16.0 Å². The van der Waals surface area contributed by atoms with Crippen LogP contribution >= 0.6 is 0 Å². The molecule has 0 spiro atoms. The van der Waals surface area contributed by atoms with Gasteiger partial charge < -0.3 is 25.4 Å². The highest BCUT2D eigenvalue weighted by Gasteiger charge is 2.30. The molecule has 3 amide bonds. The van der Waals surface area contributed by atoms with Gasteiger partial charge in [0.15, 0.2) is 0 Å². The molecule has 0 aliphatic carbocycles. The lowest BCUT2D eigenvalue weighted by Crippen LogP contribution is -2.55. The number of ether oxygens (including phenoxy) is 2. The molecule has 0 aliphatic heterocycles. The molecule has 1 aromatic carbocycles. The van der Waals surface area contributed by atoms with Crippen molar-refractivity contribution < 1.29 is 28.7 Å². The van der Waals surface area contributed by atoms with E-state index in [1.165, 1.54) is 7.11 Å². The summed E-state index contributed by atoms with van der Waals surface area (Å²) in [5.74, 6) is -1.99. The first-order valence-electron chi connectivity index (χ1n) is 10.4. The Morgan fingerprint density at radius 2 is 1.65 bits per heavy atom. The van der Waals surface area contributed by atoms with E-state index in [0.717, 1.165) is 5.56 Å². The van der Waals surface area contributed by atoms with Crippen LogP contribution in [0.15, 0.2) is 30.3 Å². The smallest absolute Gasteiger partial charge is 0.407 e. The molecule has 9 nitrogen and oxygen atoms in total. The van der Waals surface area contributed by atoms with Crippen LogP contribution in [-0.4, -0.2) is 62.6 Å². The first-order valence-corrected chi connectivity index (χ1v) is 10.4. The van der Waals surface area contributed by atoms with E-state index in [0.29, 0.717) is 13.0 Å². The lowest BCUT2D eigenvalue weighted by Gasteiger charge is -2.23. The van der Waals surface area contributed by atoms with E-state index in [1.54, 1.807) is 19.1 Å². The van der Waals surface area contributed by atoms with Gasteiger partial charge in [0.2, 0.25) is 11.7 Å². The van der Waals surface area contributed by atoms with Crippen molar-refractivity contribution >= 4 is 23.7 Å². The highest BCUT2D eigenvalue weighted by molar-refractivity contribution is 6.38. The number of carbonyl (C=O) groups is 4. The Balaban J connectivity index is 2.94. The Morgan fingerprint density at radius 1 is 0.968 bits per heavy atom. The normalized spacial score (nSPS) is 12.5. The summed E-state index contributed by atoms with van der Waals surface area (Å²) in [6.45, 7) is 6.08. The van der Waals surface area contributed by atoms with Crippen molar-refractivity contribution in [2.45, 2.75) is 45.7 Å². The minimum Gasteiger partial charge on any atom is -0.447 e. The third-order valence-electron chi connectivity index (χ3n) is 4.31. The fourth-order valence-corrected chi connectivity index (χ4v) is 2.84. The average molecular weight is 436 g/mol. The number of likely N-dealkylation sites (N-methyl/N-ethyl adjacent to an activating group) is 1. The van der Waals surface area contributed by atoms with Gasteiger partial charge in [-0.05, 0) is 24.8 Å². The second-order valence-corrected chi connectivity index (χ2v) is 7.43. The molecule has 2 atom stereocenters. The molecule has 1 rings (SSSR count). The third kappa shape index (κ3) is 10.1. The van der Waals surface area contributed by atoms with Crippen LogP contribution in [0.4, 0.5) is 4.79 Å². The van der Waals surface area contributed by atoms with Gasteiger partial charge in [0.1, 0.15) is 18.7 Å². The van der Waals surface area contributed by atoms with Crippen molar-refractivity contribution in [2.24, 2.45) is 5.92 Å². The van der Waals surface area contributed by atoms with E-state index in [9.17, 15) is 19.2 Å². The van der Waals surface area contributed by atoms with Crippen LogP contribution in [0.2, 0.25) is 0 Å². The molecule has 31 heavy (non-hydrogen) atoms. The van der Waals surface area contributed by atoms with Crippen LogP contribution in [-0.2, 0) is 30.3 Å². The Hall–Kier alpha value is -2.94. The maximum atomic E-state index is 12.9. The number of hydrogen-bond donors (Lipinski definition) is 3. The lowest BCUT2D eigenvalue weighted by molar-refractivity contribution is -0.140. The van der Waals surface area contributed by atoms with Crippen molar-refractivity contribution in [1.29, 1.82) is 0 Å². The van der Waals surface area contributed by atoms with Crippen LogP contribution < -0.4 is 16.0 Å². The Morgan fingerprint density at radius 3 is 2.23 bits per heavy atom. The lowest BCUT2D eigenvalue weighted by atomic mass is 9.99. The molecular formula is C22H33N3O6. The maximum Gasteiger partial charge on any atom is 0.407 e. The number of hydrogen-bond acceptors (Lipinski definition) is 6. The number of Topliss-reactive ketones (excluding diaryl/α,β-unsaturated/α-hetero) is 1. The topological polar surface area (TPSA) is 123 Å². The summed E-state index contributed by atoms with van der Waals surface area (Å²) < 4.78 is 9.80. The summed E-state index contributed by atoms with van der Waals surface area (Å²) >= 11 is 0. The number of methoxy groups -OCH3 is 1. The van der Waals surface area contributed by atoms with Gasteiger partial charge in [-0.2, -0.15) is 0 Å². The van der Waals surface area contributed by atoms with Gasteiger partial charge in [-0.25, -0.2) is 4.79 Å². The predicted octanol–water partition coefficient (Wildman–Crippen LogP) is 1.21. The SMILES string of the molecule is CCNC(=O)C(=O)C(Cc1ccccc1)NC(=O)C(CC(C)C)NC(=O)OCCOC. The molecule has 0 saturated heterocycles. The number of nitrogens with one attached hydrogen (secondary N) is 3. The van der Waals surface area contributed by atoms with Crippen LogP contribution in [0.25, 0.3) is 0 Å². The Labute approximate surface area is 183 Å². The van der Waals surface area contributed by atoms with Gasteiger partial charge in [-0.15, -0.1) is 0 Å². The molecule has 172 valence electrons. The summed E-state index contributed by atoms with van der Waals surface area (Å²) in [7, 11) is 1.48. The molecule has 3 N–H and O–H groups in total. The first kappa shape index (κ1) is 26.1. The van der Waals surface area contributed by atoms with Crippen LogP contribution in [0.1, 0.15) is 32.8 Å². The summed E-state index contributed by atoms with van der Waals surface area (Å²) in [5.41, 5.74) is 0.790. The second kappa shape index (κ2) is 14.1. The fourth-order valence-electron chi connectivity index (χ4n) is 2.84. The fraction of sp³-hybridized carbons (Fsp3) is 0.545. The summed E-state index contributed by atoms with van der Waals surface area (Å²) in [6.07, 6.45) is -0.277. The first-order chi connectivity index (χ1) is 14.8. The Bertz CT molecular complexity index is 723. The number of carbonyl (C=O) groups excluding carboxylic acids is 4. The summed E-state index contributed by atoms with van der Waals surface area (Å²) in [4.78, 5) is 49.7. The minimum absolute atomic E-state index is 0.0463. The largest absolute Gasteiger partial charge is 0.447 e. The molecular weight excluding hydrogens is 402 g/mol. The number of rotatable bonds is 13. The standard InChI is InChI=1S/C22H33N3O6/c1-5-23-21(28)19(26)17(14-16-9-7-6-8-10-16)24-20(27)18(13-15(2)3)25-22(29)31-12-11-30-4/h6-10,15,17-18H,5,11-14H2,1-4H3,(H,23,28)(H,24,27)(H,25,29). The van der Waals surface area contributed by atoms with Gasteiger partial charge in [0.25, 0.3) is 5.91 Å². The van der Waals surface area contributed by atoms with Crippen molar-refractivity contribution in [3.05, 3.63) is 35.9 Å². The zero-order chi connectivity index (χ0) is 23.2. The molecule has 1 aromatic rings. The number of ketones is 1. The number of alkyl carbamates (subject to hydrolysis) is 1. The number of benzene rings is 1. The van der Waals surface area contributed by atoms with Crippen molar-refractivity contribution in [1.82, 2.24) is 16.0 Å². The molecule has 2 unspecified atom stereocenters. The highest BCUT2D eigenvalue weighted by Crippen LogP contribution is 2.09. The zero-order valence-electron chi connectivity index (χ0n) is 18.6. The van der Waals surface area contributed by atoms with E-state index in [4.69, 9.17) is 9.47 Å². The quantitative estimate of drug-likeness (QED) is 0.316. The zero-order valence-corrected chi connectivity index (χ0v) is 18.6. The molecule has 0 aromatic heterocycles. The van der Waals surface area contributed by atoms with Crippen molar-refractivity contribution in [2.75, 3.05) is 26.9 Å². The monoisotopic (exact) mass is 435 g/mol. The van der Waals surface area contributed by atoms with Gasteiger partial charge in [-0.1, -0.05) is 44.2 Å². The highest BCUT2D eigenvalue weighted by atomic mass is 16.6. The molecule has 0 bridgehead atoms. The van der Waals surface area contributed by atoms with Gasteiger partial charge in [0, 0.05) is 20.1 Å². The molecule has 0 fully saturated rings. The van der Waals surface area contributed by atoms with E-state index in [1.807, 2.05) is 32.0 Å². The summed E-state index contributed by atoms with van der Waals surface area (Å²) in [5, 5.41) is 7.63. The third-order valence-corrected chi connectivity index (χ3v) is 4.31. The molecule has 0 heterocycles. The number of amides is 3. The van der Waals surface area contributed by atoms with Gasteiger partial charge in [-0.3, -0.25) is 14.4 Å². The van der Waals surface area contributed by atoms with Gasteiger partial charge in [0.05, 0.1) is 6.61 Å². The minimum atomic E-state index is -1.07. The van der Waals surface area contributed by atoms with E-state index < -0.39 is 35.8 Å².